The van der Waals surface area contributed by atoms with E-state index in [0.717, 1.165) is 24.8 Å². The second-order valence-corrected chi connectivity index (χ2v) is 6.31. The molecule has 0 saturated carbocycles. The molecule has 1 aliphatic heterocycles. The fourth-order valence-electron chi connectivity index (χ4n) is 3.70. The fourth-order valence-corrected chi connectivity index (χ4v) is 3.70. The van der Waals surface area contributed by atoms with Crippen molar-refractivity contribution in [2.75, 3.05) is 13.1 Å². The molecule has 4 heteroatoms. The molecule has 1 aromatic carbocycles. The fraction of sp³-hybridized carbons (Fsp3) is 0.529. The molecule has 1 amide bonds. The highest BCUT2D eigenvalue weighted by Crippen LogP contribution is 2.35. The van der Waals surface area contributed by atoms with E-state index in [4.69, 9.17) is 0 Å². The van der Waals surface area contributed by atoms with Crippen LogP contribution in [0.4, 0.5) is 0 Å². The Balaban J connectivity index is 1.80. The molecule has 0 aromatic heterocycles. The highest BCUT2D eigenvalue weighted by molar-refractivity contribution is 5.85. The maximum atomic E-state index is 12.8. The van der Waals surface area contributed by atoms with E-state index < -0.39 is 11.9 Å². The normalized spacial score (nSPS) is 28.2. The summed E-state index contributed by atoms with van der Waals surface area (Å²) in [7, 11) is 0. The minimum absolute atomic E-state index is 0.0327. The number of hydrogen-bond acceptors (Lipinski definition) is 2. The van der Waals surface area contributed by atoms with Gasteiger partial charge in [0.15, 0.2) is 0 Å². The van der Waals surface area contributed by atoms with Gasteiger partial charge in [-0.25, -0.2) is 0 Å². The summed E-state index contributed by atoms with van der Waals surface area (Å²) in [5.74, 6) is -1.16. The summed E-state index contributed by atoms with van der Waals surface area (Å²) in [6.45, 7) is 2.84. The Kier molecular flexibility index (Phi) is 3.70. The third-order valence-corrected chi connectivity index (χ3v) is 4.91. The van der Waals surface area contributed by atoms with Gasteiger partial charge in [0.25, 0.3) is 0 Å². The Bertz CT molecular complexity index is 569. The van der Waals surface area contributed by atoms with E-state index in [0.29, 0.717) is 13.1 Å². The van der Waals surface area contributed by atoms with Gasteiger partial charge in [-0.15, -0.1) is 0 Å². The molecule has 112 valence electrons. The summed E-state index contributed by atoms with van der Waals surface area (Å²) in [6.07, 6.45) is 2.94. The van der Waals surface area contributed by atoms with E-state index in [2.05, 4.69) is 6.07 Å². The van der Waals surface area contributed by atoms with E-state index in [1.165, 1.54) is 5.56 Å². The van der Waals surface area contributed by atoms with Crippen molar-refractivity contribution in [1.82, 2.24) is 4.90 Å². The van der Waals surface area contributed by atoms with Gasteiger partial charge in [0.2, 0.25) is 5.91 Å². The molecular formula is C17H21NO3. The Labute approximate surface area is 124 Å². The largest absolute Gasteiger partial charge is 0.481 e. The van der Waals surface area contributed by atoms with Gasteiger partial charge >= 0.3 is 5.97 Å². The number of carbonyl (C=O) groups is 2. The van der Waals surface area contributed by atoms with Crippen LogP contribution in [0.25, 0.3) is 0 Å². The van der Waals surface area contributed by atoms with Gasteiger partial charge in [-0.1, -0.05) is 31.2 Å². The average molecular weight is 287 g/mol. The first-order valence-electron chi connectivity index (χ1n) is 7.67. The first-order valence-corrected chi connectivity index (χ1v) is 7.67. The van der Waals surface area contributed by atoms with Gasteiger partial charge in [0.1, 0.15) is 0 Å². The van der Waals surface area contributed by atoms with E-state index in [9.17, 15) is 14.7 Å². The lowest BCUT2D eigenvalue weighted by atomic mass is 9.82. The van der Waals surface area contributed by atoms with E-state index in [-0.39, 0.29) is 17.7 Å². The summed E-state index contributed by atoms with van der Waals surface area (Å²) in [5, 5.41) is 9.21. The number of nitrogens with zero attached hydrogens (tertiary/aromatic N) is 1. The molecule has 1 fully saturated rings. The molecule has 1 unspecified atom stereocenters. The van der Waals surface area contributed by atoms with Crippen LogP contribution in [0.1, 0.15) is 36.8 Å². The van der Waals surface area contributed by atoms with Crippen LogP contribution < -0.4 is 0 Å². The molecule has 2 aliphatic rings. The van der Waals surface area contributed by atoms with Crippen LogP contribution in [0, 0.1) is 11.8 Å². The number of carbonyl (C=O) groups excluding carboxylic acids is 1. The second-order valence-electron chi connectivity index (χ2n) is 6.31. The number of hydrogen-bond donors (Lipinski definition) is 1. The molecule has 4 nitrogen and oxygen atoms in total. The summed E-state index contributed by atoms with van der Waals surface area (Å²) in [6, 6.07) is 8.15. The smallest absolute Gasteiger partial charge is 0.308 e. The standard InChI is InChI=1S/C17H21NO3/c1-11-9-18(10-15(11)17(20)21)16(19)14-8-4-6-12-5-2-3-7-13(12)14/h2-3,5,7,11,14-15H,4,6,8-10H2,1H3,(H,20,21)/t11-,14?,15-/m1/s1. The Hall–Kier alpha value is -1.84. The topological polar surface area (TPSA) is 57.6 Å². The minimum Gasteiger partial charge on any atom is -0.481 e. The SMILES string of the molecule is C[C@@H]1CN(C(=O)C2CCCc3ccccc32)C[C@H]1C(=O)O. The van der Waals surface area contributed by atoms with Crippen LogP contribution in [-0.2, 0) is 16.0 Å². The molecular weight excluding hydrogens is 266 g/mol. The van der Waals surface area contributed by atoms with Crippen molar-refractivity contribution in [2.45, 2.75) is 32.1 Å². The molecule has 1 saturated heterocycles. The third-order valence-electron chi connectivity index (χ3n) is 4.91. The van der Waals surface area contributed by atoms with Crippen LogP contribution in [0.15, 0.2) is 24.3 Å². The lowest BCUT2D eigenvalue weighted by molar-refractivity contribution is -0.142. The van der Waals surface area contributed by atoms with Gasteiger partial charge in [-0.2, -0.15) is 0 Å². The molecule has 1 heterocycles. The Morgan fingerprint density at radius 1 is 1.24 bits per heavy atom. The van der Waals surface area contributed by atoms with Crippen LogP contribution in [0.3, 0.4) is 0 Å². The molecule has 0 spiro atoms. The molecule has 3 rings (SSSR count). The second kappa shape index (κ2) is 5.51. The Morgan fingerprint density at radius 3 is 2.71 bits per heavy atom. The van der Waals surface area contributed by atoms with Gasteiger partial charge in [-0.05, 0) is 36.3 Å². The van der Waals surface area contributed by atoms with E-state index in [1.54, 1.807) is 4.90 Å². The highest BCUT2D eigenvalue weighted by atomic mass is 16.4. The van der Waals surface area contributed by atoms with Gasteiger partial charge in [0, 0.05) is 13.1 Å². The number of amides is 1. The number of rotatable bonds is 2. The number of carboxylic acid groups (broad SMARTS) is 1. The van der Waals surface area contributed by atoms with E-state index >= 15 is 0 Å². The van der Waals surface area contributed by atoms with Crippen molar-refractivity contribution in [2.24, 2.45) is 11.8 Å². The molecule has 0 bridgehead atoms. The first kappa shape index (κ1) is 14.1. The van der Waals surface area contributed by atoms with E-state index in [1.807, 2.05) is 25.1 Å². The number of carboxylic acids is 1. The molecule has 21 heavy (non-hydrogen) atoms. The quantitative estimate of drug-likeness (QED) is 0.908. The summed E-state index contributed by atoms with van der Waals surface area (Å²) >= 11 is 0. The molecule has 1 aromatic rings. The molecule has 1 N–H and O–H groups in total. The van der Waals surface area contributed by atoms with Crippen LogP contribution >= 0.6 is 0 Å². The van der Waals surface area contributed by atoms with Crippen molar-refractivity contribution >= 4 is 11.9 Å². The molecule has 0 radical (unpaired) electrons. The van der Waals surface area contributed by atoms with Gasteiger partial charge in [-0.3, -0.25) is 9.59 Å². The predicted molar refractivity (Wildman–Crippen MR) is 79.0 cm³/mol. The van der Waals surface area contributed by atoms with Crippen molar-refractivity contribution in [3.05, 3.63) is 35.4 Å². The highest BCUT2D eigenvalue weighted by Gasteiger charge is 2.39. The minimum atomic E-state index is -0.790. The molecule has 1 aliphatic carbocycles. The lowest BCUT2D eigenvalue weighted by Gasteiger charge is -2.28. The van der Waals surface area contributed by atoms with Gasteiger partial charge < -0.3 is 10.0 Å². The maximum Gasteiger partial charge on any atom is 0.308 e. The summed E-state index contributed by atoms with van der Waals surface area (Å²) in [5.41, 5.74) is 2.41. The van der Waals surface area contributed by atoms with Crippen LogP contribution in [0.5, 0.6) is 0 Å². The zero-order valence-corrected chi connectivity index (χ0v) is 12.3. The average Bonchev–Trinajstić information content (AvgIpc) is 2.88. The summed E-state index contributed by atoms with van der Waals surface area (Å²) in [4.78, 5) is 25.8. The number of aliphatic carboxylic acids is 1. The van der Waals surface area contributed by atoms with Crippen molar-refractivity contribution in [3.63, 3.8) is 0 Å². The number of likely N-dealkylation sites (tertiary alicyclic amines) is 1. The Morgan fingerprint density at radius 2 is 2.00 bits per heavy atom. The maximum absolute atomic E-state index is 12.8. The predicted octanol–water partition coefficient (Wildman–Crippen LogP) is 2.29. The van der Waals surface area contributed by atoms with Gasteiger partial charge in [0.05, 0.1) is 11.8 Å². The molecule has 3 atom stereocenters. The third kappa shape index (κ3) is 2.55. The number of aryl methyl sites for hydroxylation is 1. The van der Waals surface area contributed by atoms with Crippen molar-refractivity contribution in [3.8, 4) is 0 Å². The van der Waals surface area contributed by atoms with Crippen LogP contribution in [-0.4, -0.2) is 35.0 Å². The monoisotopic (exact) mass is 287 g/mol. The van der Waals surface area contributed by atoms with Crippen molar-refractivity contribution in [1.29, 1.82) is 0 Å². The zero-order valence-electron chi connectivity index (χ0n) is 12.3. The number of fused-ring (bicyclic) bond motifs is 1. The van der Waals surface area contributed by atoms with Crippen LogP contribution in [0.2, 0.25) is 0 Å². The zero-order chi connectivity index (χ0) is 15.0. The van der Waals surface area contributed by atoms with Crippen molar-refractivity contribution < 1.29 is 14.7 Å². The number of benzene rings is 1. The lowest BCUT2D eigenvalue weighted by Crippen LogP contribution is -2.35. The first-order chi connectivity index (χ1) is 10.1. The summed E-state index contributed by atoms with van der Waals surface area (Å²) < 4.78 is 0.